The number of rotatable bonds is 4. The van der Waals surface area contributed by atoms with E-state index in [2.05, 4.69) is 21.4 Å². The van der Waals surface area contributed by atoms with Crippen molar-refractivity contribution in [2.24, 2.45) is 0 Å². The predicted octanol–water partition coefficient (Wildman–Crippen LogP) is 3.07. The number of ether oxygens (including phenoxy) is 1. The number of nitrogens with one attached hydrogen (secondary N) is 1. The van der Waals surface area contributed by atoms with Gasteiger partial charge in [0.2, 0.25) is 0 Å². The van der Waals surface area contributed by atoms with E-state index in [1.54, 1.807) is 10.7 Å². The zero-order valence-electron chi connectivity index (χ0n) is 14.2. The number of nitrogens with zero attached hydrogens (tertiary/aromatic N) is 3. The molecule has 134 valence electrons. The highest BCUT2D eigenvalue weighted by Gasteiger charge is 2.18. The number of hydrogen-bond donors (Lipinski definition) is 1. The number of morpholine rings is 1. The Morgan fingerprint density at radius 1 is 1.19 bits per heavy atom. The Hall–Kier alpha value is -2.41. The van der Waals surface area contributed by atoms with Crippen molar-refractivity contribution in [2.75, 3.05) is 31.6 Å². The molecule has 4 rings (SSSR count). The van der Waals surface area contributed by atoms with Gasteiger partial charge in [-0.1, -0.05) is 29.8 Å². The highest BCUT2D eigenvalue weighted by molar-refractivity contribution is 6.37. The maximum absolute atomic E-state index is 12.6. The van der Waals surface area contributed by atoms with E-state index < -0.39 is 0 Å². The molecule has 1 saturated heterocycles. The van der Waals surface area contributed by atoms with Crippen LogP contribution in [0.1, 0.15) is 16.1 Å². The van der Waals surface area contributed by atoms with Crippen LogP contribution in [0.2, 0.25) is 5.02 Å². The minimum atomic E-state index is -0.317. The summed E-state index contributed by atoms with van der Waals surface area (Å²) >= 11 is 6.32. The largest absolute Gasteiger partial charge is 0.379 e. The lowest BCUT2D eigenvalue weighted by Gasteiger charge is -2.26. The Morgan fingerprint density at radius 2 is 2.04 bits per heavy atom. The van der Waals surface area contributed by atoms with Gasteiger partial charge in [-0.05, 0) is 29.8 Å². The van der Waals surface area contributed by atoms with Crippen LogP contribution in [0.4, 0.5) is 5.69 Å². The molecule has 0 saturated carbocycles. The van der Waals surface area contributed by atoms with Crippen molar-refractivity contribution in [3.63, 3.8) is 0 Å². The van der Waals surface area contributed by atoms with Crippen molar-refractivity contribution < 1.29 is 9.53 Å². The van der Waals surface area contributed by atoms with Gasteiger partial charge in [-0.3, -0.25) is 9.69 Å². The van der Waals surface area contributed by atoms with Gasteiger partial charge < -0.3 is 10.1 Å². The summed E-state index contributed by atoms with van der Waals surface area (Å²) < 4.78 is 6.98. The maximum Gasteiger partial charge on any atom is 0.277 e. The molecule has 3 heterocycles. The van der Waals surface area contributed by atoms with Crippen LogP contribution in [0.25, 0.3) is 5.52 Å². The summed E-state index contributed by atoms with van der Waals surface area (Å²) in [4.78, 5) is 14.9. The number of pyridine rings is 1. The highest BCUT2D eigenvalue weighted by atomic mass is 35.5. The Labute approximate surface area is 156 Å². The summed E-state index contributed by atoms with van der Waals surface area (Å²) in [7, 11) is 0. The lowest BCUT2D eigenvalue weighted by atomic mass is 10.1. The number of fused-ring (bicyclic) bond motifs is 1. The minimum absolute atomic E-state index is 0.219. The number of anilines is 1. The molecule has 0 radical (unpaired) electrons. The Morgan fingerprint density at radius 3 is 2.85 bits per heavy atom. The second-order valence-electron chi connectivity index (χ2n) is 6.24. The summed E-state index contributed by atoms with van der Waals surface area (Å²) in [6, 6.07) is 13.4. The maximum atomic E-state index is 12.6. The molecule has 1 amide bonds. The van der Waals surface area contributed by atoms with E-state index in [0.29, 0.717) is 10.5 Å². The van der Waals surface area contributed by atoms with Gasteiger partial charge in [-0.2, -0.15) is 5.10 Å². The number of carbonyl (C=O) groups is 1. The van der Waals surface area contributed by atoms with Crippen molar-refractivity contribution >= 4 is 28.7 Å². The van der Waals surface area contributed by atoms with E-state index in [1.807, 2.05) is 36.4 Å². The average Bonchev–Trinajstić information content (AvgIpc) is 3.00. The minimum Gasteiger partial charge on any atom is -0.379 e. The monoisotopic (exact) mass is 370 g/mol. The van der Waals surface area contributed by atoms with Crippen LogP contribution in [0.15, 0.2) is 48.7 Å². The average molecular weight is 371 g/mol. The Bertz CT molecular complexity index is 934. The molecule has 1 aromatic carbocycles. The normalized spacial score (nSPS) is 15.3. The van der Waals surface area contributed by atoms with Gasteiger partial charge in [-0.15, -0.1) is 0 Å². The number of halogens is 1. The molecule has 0 spiro atoms. The molecular weight excluding hydrogens is 352 g/mol. The van der Waals surface area contributed by atoms with Gasteiger partial charge >= 0.3 is 0 Å². The summed E-state index contributed by atoms with van der Waals surface area (Å²) in [5.74, 6) is -0.317. The Balaban J connectivity index is 1.50. The van der Waals surface area contributed by atoms with Gasteiger partial charge in [0.15, 0.2) is 5.69 Å². The molecule has 0 unspecified atom stereocenters. The number of hydrogen-bond acceptors (Lipinski definition) is 4. The molecule has 1 aliphatic rings. The number of benzene rings is 1. The molecule has 7 heteroatoms. The third-order valence-corrected chi connectivity index (χ3v) is 4.76. The van der Waals surface area contributed by atoms with Crippen molar-refractivity contribution in [1.82, 2.24) is 14.5 Å². The van der Waals surface area contributed by atoms with Crippen LogP contribution < -0.4 is 5.32 Å². The first-order valence-corrected chi connectivity index (χ1v) is 8.92. The molecular formula is C19H19ClN4O2. The summed E-state index contributed by atoms with van der Waals surface area (Å²) in [5.41, 5.74) is 2.80. The third-order valence-electron chi connectivity index (χ3n) is 4.39. The van der Waals surface area contributed by atoms with E-state index >= 15 is 0 Å². The Kier molecular flexibility index (Phi) is 4.88. The second-order valence-corrected chi connectivity index (χ2v) is 6.61. The predicted molar refractivity (Wildman–Crippen MR) is 101 cm³/mol. The fraction of sp³-hybridized carbons (Fsp3) is 0.263. The zero-order valence-corrected chi connectivity index (χ0v) is 14.9. The number of carbonyl (C=O) groups excluding carboxylic acids is 1. The summed E-state index contributed by atoms with van der Waals surface area (Å²) in [6.45, 7) is 4.22. The van der Waals surface area contributed by atoms with Gasteiger partial charge in [0.05, 0.1) is 23.8 Å². The van der Waals surface area contributed by atoms with Gasteiger partial charge in [0, 0.05) is 31.5 Å². The van der Waals surface area contributed by atoms with Crippen LogP contribution >= 0.6 is 11.6 Å². The van der Waals surface area contributed by atoms with Gasteiger partial charge in [0.25, 0.3) is 5.91 Å². The fourth-order valence-electron chi connectivity index (χ4n) is 3.07. The standard InChI is InChI=1S/C19H19ClN4O2/c20-17-16-6-1-2-7-24(16)22-18(17)19(25)21-15-5-3-4-14(12-15)13-23-8-10-26-11-9-23/h1-7,12H,8-11,13H2,(H,21,25). The third kappa shape index (κ3) is 3.58. The van der Waals surface area contributed by atoms with Crippen LogP contribution in [-0.4, -0.2) is 46.7 Å². The summed E-state index contributed by atoms with van der Waals surface area (Å²) in [5, 5.41) is 7.52. The molecule has 1 N–H and O–H groups in total. The molecule has 26 heavy (non-hydrogen) atoms. The van der Waals surface area contributed by atoms with Crippen molar-refractivity contribution in [3.8, 4) is 0 Å². The lowest BCUT2D eigenvalue weighted by molar-refractivity contribution is 0.0342. The van der Waals surface area contributed by atoms with Gasteiger partial charge in [-0.25, -0.2) is 4.52 Å². The van der Waals surface area contributed by atoms with E-state index in [9.17, 15) is 4.79 Å². The zero-order chi connectivity index (χ0) is 17.9. The summed E-state index contributed by atoms with van der Waals surface area (Å²) in [6.07, 6.45) is 1.76. The molecule has 0 bridgehead atoms. The van der Waals surface area contributed by atoms with E-state index in [-0.39, 0.29) is 11.6 Å². The topological polar surface area (TPSA) is 58.9 Å². The molecule has 0 atom stereocenters. The van der Waals surface area contributed by atoms with E-state index in [4.69, 9.17) is 16.3 Å². The van der Waals surface area contributed by atoms with Crippen molar-refractivity contribution in [3.05, 3.63) is 64.9 Å². The quantitative estimate of drug-likeness (QED) is 0.766. The lowest BCUT2D eigenvalue weighted by Crippen LogP contribution is -2.35. The van der Waals surface area contributed by atoms with Crippen LogP contribution in [0, 0.1) is 0 Å². The molecule has 3 aromatic rings. The van der Waals surface area contributed by atoms with Crippen LogP contribution in [0.3, 0.4) is 0 Å². The molecule has 2 aromatic heterocycles. The molecule has 0 aliphatic carbocycles. The molecule has 1 aliphatic heterocycles. The fourth-order valence-corrected chi connectivity index (χ4v) is 3.34. The number of aromatic nitrogens is 2. The highest BCUT2D eigenvalue weighted by Crippen LogP contribution is 2.23. The van der Waals surface area contributed by atoms with Crippen LogP contribution in [-0.2, 0) is 11.3 Å². The first-order valence-electron chi connectivity index (χ1n) is 8.54. The van der Waals surface area contributed by atoms with Crippen molar-refractivity contribution in [2.45, 2.75) is 6.54 Å². The number of amides is 1. The van der Waals surface area contributed by atoms with E-state index in [1.165, 1.54) is 0 Å². The first-order chi connectivity index (χ1) is 12.7. The first kappa shape index (κ1) is 17.0. The van der Waals surface area contributed by atoms with Crippen molar-refractivity contribution in [1.29, 1.82) is 0 Å². The smallest absolute Gasteiger partial charge is 0.277 e. The van der Waals surface area contributed by atoms with E-state index in [0.717, 1.165) is 44.1 Å². The SMILES string of the molecule is O=C(Nc1cccc(CN2CCOCC2)c1)c1nn2ccccc2c1Cl. The van der Waals surface area contributed by atoms with Gasteiger partial charge in [0.1, 0.15) is 0 Å². The molecule has 6 nitrogen and oxygen atoms in total. The van der Waals surface area contributed by atoms with Crippen LogP contribution in [0.5, 0.6) is 0 Å². The molecule has 1 fully saturated rings. The second kappa shape index (κ2) is 7.45.